The summed E-state index contributed by atoms with van der Waals surface area (Å²) in [6, 6.07) is 7.70. The van der Waals surface area contributed by atoms with Gasteiger partial charge >= 0.3 is 5.97 Å². The molecule has 7 atom stereocenters. The second kappa shape index (κ2) is 20.8. The largest absolute Gasteiger partial charge is 0.464 e. The van der Waals surface area contributed by atoms with Crippen LogP contribution in [0.3, 0.4) is 0 Å². The van der Waals surface area contributed by atoms with Crippen LogP contribution < -0.4 is 15.6 Å². The smallest absolute Gasteiger partial charge is 0.324 e. The molecule has 1 aromatic carbocycles. The summed E-state index contributed by atoms with van der Waals surface area (Å²) in [6.45, 7) is 21.5. The van der Waals surface area contributed by atoms with Crippen LogP contribution in [0.1, 0.15) is 103 Å². The molecule has 7 heterocycles. The lowest BCUT2D eigenvalue weighted by atomic mass is 9.84. The van der Waals surface area contributed by atoms with Crippen molar-refractivity contribution in [2.24, 2.45) is 29.1 Å². The number of aromatic nitrogens is 3. The number of nitrogens with one attached hydrogen (secondary N) is 2. The maximum atomic E-state index is 14.9. The Morgan fingerprint density at radius 3 is 2.52 bits per heavy atom. The first kappa shape index (κ1) is 50.1. The van der Waals surface area contributed by atoms with Gasteiger partial charge in [0.15, 0.2) is 0 Å². The lowest BCUT2D eigenvalue weighted by molar-refractivity contribution is -0.156. The van der Waals surface area contributed by atoms with Crippen LogP contribution in [0.2, 0.25) is 0 Å². The van der Waals surface area contributed by atoms with Crippen molar-refractivity contribution >= 4 is 45.7 Å². The molecule has 6 aliphatic rings. The Morgan fingerprint density at radius 2 is 1.83 bits per heavy atom. The zero-order chi connectivity index (χ0) is 49.7. The first-order chi connectivity index (χ1) is 34.2. The fourth-order valence-electron chi connectivity index (χ4n) is 11.6. The number of esters is 1. The minimum Gasteiger partial charge on any atom is -0.464 e. The summed E-state index contributed by atoms with van der Waals surface area (Å²) in [6.07, 6.45) is 5.09. The maximum absolute atomic E-state index is 14.9. The summed E-state index contributed by atoms with van der Waals surface area (Å²) in [5, 5.41) is 8.29. The first-order valence-corrected chi connectivity index (χ1v) is 27.1. The zero-order valence-corrected chi connectivity index (χ0v) is 43.7. The number of hydrogen-bond acceptors (Lipinski definition) is 14. The van der Waals surface area contributed by atoms with Gasteiger partial charge in [-0.15, -0.1) is 11.3 Å². The number of amides is 2. The van der Waals surface area contributed by atoms with Gasteiger partial charge in [-0.2, -0.15) is 0 Å². The molecule has 2 aliphatic carbocycles. The number of carbonyl (C=O) groups excluding carboxylic acids is 3. The third-order valence-electron chi connectivity index (χ3n) is 15.9. The second-order valence-corrected chi connectivity index (χ2v) is 22.8. The fourth-order valence-corrected chi connectivity index (χ4v) is 12.5. The molecular weight excluding hydrogens is 921 g/mol. The average molecular weight is 995 g/mol. The van der Waals surface area contributed by atoms with Gasteiger partial charge in [-0.05, 0) is 87.5 Å². The summed E-state index contributed by atoms with van der Waals surface area (Å²) in [5.41, 5.74) is 10.4. The highest BCUT2D eigenvalue weighted by atomic mass is 32.1. The lowest BCUT2D eigenvalue weighted by Crippen LogP contribution is -2.61. The molecule has 10 rings (SSSR count). The number of methoxy groups -OCH3 is 1. The predicted molar refractivity (Wildman–Crippen MR) is 273 cm³/mol. The van der Waals surface area contributed by atoms with Crippen molar-refractivity contribution in [2.45, 2.75) is 124 Å². The summed E-state index contributed by atoms with van der Waals surface area (Å²) in [4.78, 5) is 58.8. The van der Waals surface area contributed by atoms with Crippen LogP contribution in [0, 0.1) is 29.1 Å². The number of ether oxygens (including phenoxy) is 5. The van der Waals surface area contributed by atoms with E-state index in [1.165, 1.54) is 29.2 Å². The van der Waals surface area contributed by atoms with E-state index in [2.05, 4.69) is 90.9 Å². The number of cyclic esters (lactones) is 1. The number of pyridine rings is 1. The van der Waals surface area contributed by atoms with Crippen LogP contribution in [0.25, 0.3) is 33.4 Å². The van der Waals surface area contributed by atoms with E-state index in [0.717, 1.165) is 82.6 Å². The zero-order valence-electron chi connectivity index (χ0n) is 42.9. The molecule has 384 valence electrons. The summed E-state index contributed by atoms with van der Waals surface area (Å²) >= 11 is 1.42. The van der Waals surface area contributed by atoms with Crippen molar-refractivity contribution in [1.82, 2.24) is 35.2 Å². The third-order valence-corrected chi connectivity index (χ3v) is 16.8. The quantitative estimate of drug-likeness (QED) is 0.125. The number of carbonyl (C=O) groups is 3. The van der Waals surface area contributed by atoms with Gasteiger partial charge in [0.2, 0.25) is 5.91 Å². The minimum absolute atomic E-state index is 0.0573. The van der Waals surface area contributed by atoms with Crippen LogP contribution in [0.5, 0.6) is 0 Å². The van der Waals surface area contributed by atoms with Crippen LogP contribution in [0.4, 0.5) is 5.69 Å². The fraction of sp³-hybridized carbons (Fsp3) is 0.648. The number of rotatable bonds is 14. The number of benzene rings is 1. The van der Waals surface area contributed by atoms with Gasteiger partial charge in [0.1, 0.15) is 29.3 Å². The molecule has 6 bridgehead atoms. The Labute approximate surface area is 422 Å². The van der Waals surface area contributed by atoms with E-state index in [-0.39, 0.29) is 55.0 Å². The molecule has 16 nitrogen and oxygen atoms in total. The van der Waals surface area contributed by atoms with Gasteiger partial charge in [-0.25, -0.2) is 10.4 Å². The Morgan fingerprint density at radius 1 is 1.04 bits per heavy atom. The molecule has 0 spiro atoms. The van der Waals surface area contributed by atoms with E-state index in [0.29, 0.717) is 63.1 Å². The SMILES string of the molecule is CCO[C@@H]1c2nc(cs2)-c2ccc3c(c2)c(c(-c2cc(N4CCN(C5CC5)CC4)cnc2[C@H](C)OC)n3CCOC2COC2)CC(C)(C)COC(=O)[C@@H]2CCCN(N2)C(=O)[C@H]1NC(=O)[C@@H]1[C@@H](C)[C@H]1C(C)C. The maximum Gasteiger partial charge on any atom is 0.324 e. The normalized spacial score (nSPS) is 26.8. The second-order valence-electron chi connectivity index (χ2n) is 21.9. The number of thiazole rings is 1. The number of fused-ring (bicyclic) bond motifs is 6. The van der Waals surface area contributed by atoms with Gasteiger partial charge in [0, 0.05) is 97.8 Å². The number of nitrogens with zero attached hydrogens (tertiary/aromatic N) is 6. The number of hydrogen-bond donors (Lipinski definition) is 2. The highest BCUT2D eigenvalue weighted by Crippen LogP contribution is 2.51. The molecule has 17 heteroatoms. The topological polar surface area (TPSA) is 162 Å². The van der Waals surface area contributed by atoms with Crippen molar-refractivity contribution in [3.05, 3.63) is 52.1 Å². The lowest BCUT2D eigenvalue weighted by Gasteiger charge is -2.37. The molecule has 4 aromatic rings. The molecule has 4 aliphatic heterocycles. The number of piperazine rings is 1. The van der Waals surface area contributed by atoms with Gasteiger partial charge in [-0.3, -0.25) is 29.3 Å². The Bertz CT molecular complexity index is 2580. The molecule has 2 saturated carbocycles. The van der Waals surface area contributed by atoms with Crippen LogP contribution in [0.15, 0.2) is 35.8 Å². The van der Waals surface area contributed by atoms with Gasteiger partial charge in [-0.1, -0.05) is 40.7 Å². The molecule has 0 radical (unpaired) electrons. The van der Waals surface area contributed by atoms with Crippen molar-refractivity contribution < 1.29 is 38.1 Å². The van der Waals surface area contributed by atoms with Gasteiger partial charge in [0.25, 0.3) is 5.91 Å². The van der Waals surface area contributed by atoms with Crippen molar-refractivity contribution in [3.63, 3.8) is 0 Å². The molecular formula is C54H74N8O8S. The van der Waals surface area contributed by atoms with E-state index in [4.69, 9.17) is 33.7 Å². The van der Waals surface area contributed by atoms with E-state index in [1.807, 2.05) is 18.5 Å². The highest BCUT2D eigenvalue weighted by molar-refractivity contribution is 7.10. The minimum atomic E-state index is -1.10. The molecule has 3 aromatic heterocycles. The average Bonchev–Trinajstić information content (AvgIpc) is 4.25. The van der Waals surface area contributed by atoms with Gasteiger partial charge in [0.05, 0.1) is 61.5 Å². The number of hydrazine groups is 1. The van der Waals surface area contributed by atoms with Gasteiger partial charge < -0.3 is 38.5 Å². The van der Waals surface area contributed by atoms with Crippen LogP contribution in [-0.2, 0) is 51.0 Å². The Balaban J connectivity index is 1.11. The highest BCUT2D eigenvalue weighted by Gasteiger charge is 2.54. The summed E-state index contributed by atoms with van der Waals surface area (Å²) < 4.78 is 33.1. The molecule has 0 unspecified atom stereocenters. The summed E-state index contributed by atoms with van der Waals surface area (Å²) in [7, 11) is 1.73. The van der Waals surface area contributed by atoms with Crippen molar-refractivity contribution in [2.75, 3.05) is 77.8 Å². The molecule has 5 fully saturated rings. The van der Waals surface area contributed by atoms with Crippen LogP contribution >= 0.6 is 11.3 Å². The van der Waals surface area contributed by atoms with Crippen molar-refractivity contribution in [3.8, 4) is 22.5 Å². The third kappa shape index (κ3) is 10.4. The molecule has 2 amide bonds. The van der Waals surface area contributed by atoms with Crippen molar-refractivity contribution in [1.29, 1.82) is 0 Å². The predicted octanol–water partition coefficient (Wildman–Crippen LogP) is 6.96. The van der Waals surface area contributed by atoms with E-state index < -0.39 is 29.6 Å². The monoisotopic (exact) mass is 995 g/mol. The molecule has 71 heavy (non-hydrogen) atoms. The summed E-state index contributed by atoms with van der Waals surface area (Å²) in [5.74, 6) is -0.441. The molecule has 3 saturated heterocycles. The van der Waals surface area contributed by atoms with Crippen LogP contribution in [-0.4, -0.2) is 139 Å². The first-order valence-electron chi connectivity index (χ1n) is 26.2. The van der Waals surface area contributed by atoms with E-state index >= 15 is 0 Å². The standard InChI is InChI=1S/C54H74N8O8S/c1-9-68-49-47(57-50(63)45-32(4)44(45)31(2)3)52(64)62-16-10-11-41(58-62)53(65)70-30-54(6,7)25-40-38-23-34(42-29-71-51(49)56-42)12-15-43(38)61(21-22-69-37-27-67-28-37)48(40)39-24-36(26-55-46(39)33(5)66-8)60-19-17-59(18-20-60)35-13-14-35/h12,15,23-24,26,29,31-33,35,37,41,44-45,47,49,58H,9-11,13-14,16-22,25,27-28,30H2,1-8H3,(H,57,63)/t32-,33-,41-,44+,45+,47-,49-/m0/s1. The Hall–Kier alpha value is -4.49. The van der Waals surface area contributed by atoms with E-state index in [1.54, 1.807) is 7.11 Å². The number of anilines is 1. The van der Waals surface area contributed by atoms with E-state index in [9.17, 15) is 14.4 Å². The molecule has 2 N–H and O–H groups in total. The Kier molecular flexibility index (Phi) is 14.7.